The molecule has 2 rings (SSSR count). The fraction of sp³-hybridized carbons (Fsp3) is 0.667. The molecule has 1 aromatic rings. The van der Waals surface area contributed by atoms with Crippen molar-refractivity contribution in [2.75, 3.05) is 19.7 Å². The lowest BCUT2D eigenvalue weighted by Crippen LogP contribution is -2.31. The Morgan fingerprint density at radius 1 is 1.20 bits per heavy atom. The normalized spacial score (nSPS) is 26.4. The topological polar surface area (TPSA) is 21.3 Å². The molecule has 1 aromatic carbocycles. The van der Waals surface area contributed by atoms with Crippen molar-refractivity contribution in [3.05, 3.63) is 29.8 Å². The van der Waals surface area contributed by atoms with Crippen LogP contribution < -0.4 is 10.1 Å². The molecule has 3 unspecified atom stereocenters. The zero-order chi connectivity index (χ0) is 14.4. The molecule has 1 aliphatic carbocycles. The molecule has 1 N–H and O–H groups in total. The van der Waals surface area contributed by atoms with Gasteiger partial charge in [-0.15, -0.1) is 0 Å². The Kier molecular flexibility index (Phi) is 5.90. The van der Waals surface area contributed by atoms with Crippen molar-refractivity contribution in [2.45, 2.75) is 46.0 Å². The van der Waals surface area contributed by atoms with Crippen LogP contribution in [0.25, 0.3) is 0 Å². The smallest absolute Gasteiger partial charge is 0.122 e. The summed E-state index contributed by atoms with van der Waals surface area (Å²) in [6.07, 6.45) is 3.99. The number of hydrogen-bond acceptors (Lipinski definition) is 2. The largest absolute Gasteiger partial charge is 0.494 e. The summed E-state index contributed by atoms with van der Waals surface area (Å²) in [7, 11) is 0. The van der Waals surface area contributed by atoms with Gasteiger partial charge in [0, 0.05) is 0 Å². The molecule has 112 valence electrons. The molecular weight excluding hydrogens is 246 g/mol. The van der Waals surface area contributed by atoms with Crippen molar-refractivity contribution in [3.8, 4) is 5.75 Å². The number of benzene rings is 1. The third kappa shape index (κ3) is 3.76. The molecule has 0 spiro atoms. The number of nitrogens with one attached hydrogen (secondary N) is 1. The van der Waals surface area contributed by atoms with Gasteiger partial charge < -0.3 is 10.1 Å². The molecule has 1 fully saturated rings. The van der Waals surface area contributed by atoms with Gasteiger partial charge in [-0.2, -0.15) is 0 Å². The van der Waals surface area contributed by atoms with E-state index in [9.17, 15) is 0 Å². The fourth-order valence-corrected chi connectivity index (χ4v) is 3.47. The van der Waals surface area contributed by atoms with E-state index >= 15 is 0 Å². The van der Waals surface area contributed by atoms with Gasteiger partial charge in [-0.05, 0) is 62.2 Å². The average molecular weight is 275 g/mol. The van der Waals surface area contributed by atoms with Gasteiger partial charge in [0.05, 0.1) is 6.61 Å². The highest BCUT2D eigenvalue weighted by Crippen LogP contribution is 2.43. The summed E-state index contributed by atoms with van der Waals surface area (Å²) in [4.78, 5) is 0. The van der Waals surface area contributed by atoms with Gasteiger partial charge in [-0.25, -0.2) is 0 Å². The van der Waals surface area contributed by atoms with Gasteiger partial charge >= 0.3 is 0 Å². The van der Waals surface area contributed by atoms with E-state index in [0.29, 0.717) is 5.92 Å². The second-order valence-electron chi connectivity index (χ2n) is 6.06. The lowest BCUT2D eigenvalue weighted by atomic mass is 9.71. The molecule has 0 aliphatic heterocycles. The Bertz CT molecular complexity index is 402. The molecule has 2 heteroatoms. The van der Waals surface area contributed by atoms with E-state index in [1.165, 1.54) is 24.8 Å². The number of ether oxygens (including phenoxy) is 1. The zero-order valence-corrected chi connectivity index (χ0v) is 13.2. The third-order valence-electron chi connectivity index (χ3n) is 4.53. The molecule has 1 saturated carbocycles. The van der Waals surface area contributed by atoms with Gasteiger partial charge in [-0.3, -0.25) is 0 Å². The van der Waals surface area contributed by atoms with E-state index in [1.807, 2.05) is 0 Å². The van der Waals surface area contributed by atoms with Crippen LogP contribution >= 0.6 is 0 Å². The molecule has 0 aromatic heterocycles. The van der Waals surface area contributed by atoms with Crippen molar-refractivity contribution in [3.63, 3.8) is 0 Å². The highest BCUT2D eigenvalue weighted by atomic mass is 16.5. The monoisotopic (exact) mass is 275 g/mol. The molecule has 0 radical (unpaired) electrons. The summed E-state index contributed by atoms with van der Waals surface area (Å²) in [6, 6.07) is 8.64. The number of hydrogen-bond donors (Lipinski definition) is 1. The first-order valence-electron chi connectivity index (χ1n) is 8.18. The van der Waals surface area contributed by atoms with E-state index in [-0.39, 0.29) is 0 Å². The predicted molar refractivity (Wildman–Crippen MR) is 85.4 cm³/mol. The quantitative estimate of drug-likeness (QED) is 0.839. The summed E-state index contributed by atoms with van der Waals surface area (Å²) in [5.41, 5.74) is 1.42. The van der Waals surface area contributed by atoms with E-state index in [4.69, 9.17) is 4.74 Å². The van der Waals surface area contributed by atoms with Gasteiger partial charge in [0.1, 0.15) is 5.75 Å². The van der Waals surface area contributed by atoms with Crippen LogP contribution in [0.1, 0.15) is 51.5 Å². The standard InChI is InChI=1S/C18H29NO/c1-4-19-13-15-11-10-14(3)12-17(15)16-8-6-7-9-18(16)20-5-2/h6-9,14-15,17,19H,4-5,10-13H2,1-3H3. The average Bonchev–Trinajstić information content (AvgIpc) is 2.47. The zero-order valence-electron chi connectivity index (χ0n) is 13.2. The van der Waals surface area contributed by atoms with Crippen LogP contribution in [-0.2, 0) is 0 Å². The van der Waals surface area contributed by atoms with Crippen LogP contribution in [0.5, 0.6) is 5.75 Å². The Morgan fingerprint density at radius 2 is 2.00 bits per heavy atom. The minimum Gasteiger partial charge on any atom is -0.494 e. The third-order valence-corrected chi connectivity index (χ3v) is 4.53. The Labute approximate surface area is 123 Å². The SMILES string of the molecule is CCNCC1CCC(C)CC1c1ccccc1OCC. The van der Waals surface area contributed by atoms with Crippen LogP contribution in [0.2, 0.25) is 0 Å². The van der Waals surface area contributed by atoms with Crippen LogP contribution in [-0.4, -0.2) is 19.7 Å². The minimum absolute atomic E-state index is 0.639. The van der Waals surface area contributed by atoms with E-state index < -0.39 is 0 Å². The van der Waals surface area contributed by atoms with Crippen LogP contribution in [0.15, 0.2) is 24.3 Å². The molecule has 0 heterocycles. The maximum absolute atomic E-state index is 5.86. The van der Waals surface area contributed by atoms with Crippen molar-refractivity contribution in [1.29, 1.82) is 0 Å². The molecule has 20 heavy (non-hydrogen) atoms. The van der Waals surface area contributed by atoms with Gasteiger partial charge in [0.15, 0.2) is 0 Å². The van der Waals surface area contributed by atoms with Crippen LogP contribution in [0, 0.1) is 11.8 Å². The first-order chi connectivity index (χ1) is 9.76. The van der Waals surface area contributed by atoms with Crippen molar-refractivity contribution >= 4 is 0 Å². The fourth-order valence-electron chi connectivity index (χ4n) is 3.47. The van der Waals surface area contributed by atoms with Crippen molar-refractivity contribution in [1.82, 2.24) is 5.32 Å². The molecular formula is C18H29NO. The molecule has 3 atom stereocenters. The highest BCUT2D eigenvalue weighted by molar-refractivity contribution is 5.37. The van der Waals surface area contributed by atoms with E-state index in [1.54, 1.807) is 0 Å². The van der Waals surface area contributed by atoms with Crippen LogP contribution in [0.3, 0.4) is 0 Å². The number of rotatable bonds is 6. The Hall–Kier alpha value is -1.02. The second kappa shape index (κ2) is 7.68. The summed E-state index contributed by atoms with van der Waals surface area (Å²) in [5, 5.41) is 3.54. The summed E-state index contributed by atoms with van der Waals surface area (Å²) in [6.45, 7) is 9.59. The van der Waals surface area contributed by atoms with Gasteiger partial charge in [0.25, 0.3) is 0 Å². The van der Waals surface area contributed by atoms with Crippen LogP contribution in [0.4, 0.5) is 0 Å². The van der Waals surface area contributed by atoms with Crippen molar-refractivity contribution in [2.24, 2.45) is 11.8 Å². The maximum atomic E-state index is 5.86. The summed E-state index contributed by atoms with van der Waals surface area (Å²) >= 11 is 0. The highest BCUT2D eigenvalue weighted by Gasteiger charge is 2.31. The molecule has 2 nitrogen and oxygen atoms in total. The maximum Gasteiger partial charge on any atom is 0.122 e. The Morgan fingerprint density at radius 3 is 2.75 bits per heavy atom. The first-order valence-corrected chi connectivity index (χ1v) is 8.18. The molecule has 0 bridgehead atoms. The Balaban J connectivity index is 2.20. The lowest BCUT2D eigenvalue weighted by molar-refractivity contribution is 0.235. The van der Waals surface area contributed by atoms with Crippen molar-refractivity contribution < 1.29 is 4.74 Å². The van der Waals surface area contributed by atoms with E-state index in [0.717, 1.165) is 37.3 Å². The van der Waals surface area contributed by atoms with E-state index in [2.05, 4.69) is 50.4 Å². The second-order valence-corrected chi connectivity index (χ2v) is 6.06. The van der Waals surface area contributed by atoms with Gasteiger partial charge in [-0.1, -0.05) is 38.5 Å². The molecule has 0 saturated heterocycles. The minimum atomic E-state index is 0.639. The number of para-hydroxylation sites is 1. The summed E-state index contributed by atoms with van der Waals surface area (Å²) in [5.74, 6) is 3.30. The molecule has 0 amide bonds. The lowest BCUT2D eigenvalue weighted by Gasteiger charge is -2.36. The van der Waals surface area contributed by atoms with Gasteiger partial charge in [0.2, 0.25) is 0 Å². The predicted octanol–water partition coefficient (Wildman–Crippen LogP) is 4.21. The summed E-state index contributed by atoms with van der Waals surface area (Å²) < 4.78 is 5.86. The first kappa shape index (κ1) is 15.4. The molecule has 1 aliphatic rings.